The lowest BCUT2D eigenvalue weighted by molar-refractivity contribution is 0.597. The Kier molecular flexibility index (Phi) is 1.30. The van der Waals surface area contributed by atoms with E-state index >= 15 is 0 Å². The molecule has 13 heavy (non-hydrogen) atoms. The van der Waals surface area contributed by atoms with Crippen LogP contribution >= 0.6 is 0 Å². The minimum atomic E-state index is 0.716. The number of para-hydroxylation sites is 1. The molecule has 0 saturated carbocycles. The van der Waals surface area contributed by atoms with E-state index in [2.05, 4.69) is 36.9 Å². The summed E-state index contributed by atoms with van der Waals surface area (Å²) in [6.07, 6.45) is 2.49. The predicted octanol–water partition coefficient (Wildman–Crippen LogP) is 2.38. The third-order valence-electron chi connectivity index (χ3n) is 3.44. The Hall–Kier alpha value is -0.980. The van der Waals surface area contributed by atoms with Gasteiger partial charge in [-0.3, -0.25) is 0 Å². The number of rotatable bonds is 0. The molecule has 0 aliphatic carbocycles. The van der Waals surface area contributed by atoms with Crippen LogP contribution in [-0.2, 0) is 12.8 Å². The Balaban J connectivity index is 2.22. The van der Waals surface area contributed by atoms with Crippen molar-refractivity contribution in [3.05, 3.63) is 29.3 Å². The quantitative estimate of drug-likeness (QED) is 0.582. The van der Waals surface area contributed by atoms with Crippen LogP contribution in [0.1, 0.15) is 25.0 Å². The molecule has 1 heteroatoms. The van der Waals surface area contributed by atoms with Crippen LogP contribution in [0.2, 0.25) is 0 Å². The fraction of sp³-hybridized carbons (Fsp3) is 0.500. The van der Waals surface area contributed by atoms with E-state index in [1.165, 1.54) is 12.8 Å². The molecule has 0 fully saturated rings. The zero-order valence-corrected chi connectivity index (χ0v) is 8.25. The van der Waals surface area contributed by atoms with Crippen LogP contribution in [0, 0.1) is 0 Å². The average molecular weight is 173 g/mol. The summed E-state index contributed by atoms with van der Waals surface area (Å²) in [6, 6.07) is 8.21. The van der Waals surface area contributed by atoms with Gasteiger partial charge in [0.15, 0.2) is 0 Å². The van der Waals surface area contributed by atoms with Crippen LogP contribution in [0.25, 0.3) is 0 Å². The molecule has 2 aliphatic heterocycles. The van der Waals surface area contributed by atoms with Crippen molar-refractivity contribution in [2.75, 3.05) is 4.90 Å². The van der Waals surface area contributed by atoms with Crippen LogP contribution in [-0.4, -0.2) is 12.1 Å². The number of hydrogen-bond acceptors (Lipinski definition) is 1. The normalized spacial score (nSPS) is 29.5. The molecule has 2 atom stereocenters. The van der Waals surface area contributed by atoms with Crippen molar-refractivity contribution >= 4 is 5.69 Å². The maximum absolute atomic E-state index is 2.60. The molecule has 0 amide bonds. The van der Waals surface area contributed by atoms with E-state index < -0.39 is 0 Å². The van der Waals surface area contributed by atoms with Gasteiger partial charge in [0.1, 0.15) is 0 Å². The van der Waals surface area contributed by atoms with Crippen molar-refractivity contribution < 1.29 is 0 Å². The van der Waals surface area contributed by atoms with Gasteiger partial charge in [-0.05, 0) is 37.8 Å². The summed E-state index contributed by atoms with van der Waals surface area (Å²) in [4.78, 5) is 2.60. The second-order valence-corrected chi connectivity index (χ2v) is 4.44. The first-order valence-corrected chi connectivity index (χ1v) is 5.16. The van der Waals surface area contributed by atoms with Gasteiger partial charge in [-0.25, -0.2) is 0 Å². The topological polar surface area (TPSA) is 3.24 Å². The van der Waals surface area contributed by atoms with E-state index in [-0.39, 0.29) is 0 Å². The van der Waals surface area contributed by atoms with Crippen molar-refractivity contribution in [1.82, 2.24) is 0 Å². The first-order chi connectivity index (χ1) is 6.27. The van der Waals surface area contributed by atoms with E-state index in [1.54, 1.807) is 16.8 Å². The van der Waals surface area contributed by atoms with Crippen molar-refractivity contribution in [2.24, 2.45) is 0 Å². The van der Waals surface area contributed by atoms with Crippen LogP contribution in [0.15, 0.2) is 18.2 Å². The molecule has 3 rings (SSSR count). The Morgan fingerprint density at radius 1 is 1.08 bits per heavy atom. The highest BCUT2D eigenvalue weighted by Gasteiger charge is 2.36. The van der Waals surface area contributed by atoms with Gasteiger partial charge in [0.2, 0.25) is 0 Å². The summed E-state index contributed by atoms with van der Waals surface area (Å²) in [6.45, 7) is 4.68. The summed E-state index contributed by atoms with van der Waals surface area (Å²) in [5.74, 6) is 0. The lowest BCUT2D eigenvalue weighted by Crippen LogP contribution is -2.34. The first-order valence-electron chi connectivity index (χ1n) is 5.16. The number of benzene rings is 1. The minimum Gasteiger partial charge on any atom is -0.365 e. The van der Waals surface area contributed by atoms with Gasteiger partial charge in [0.05, 0.1) is 0 Å². The molecule has 0 aromatic heterocycles. The number of nitrogens with zero attached hydrogens (tertiary/aromatic N) is 1. The first kappa shape index (κ1) is 7.43. The van der Waals surface area contributed by atoms with Crippen LogP contribution < -0.4 is 4.90 Å². The van der Waals surface area contributed by atoms with Gasteiger partial charge >= 0.3 is 0 Å². The Bertz CT molecular complexity index is 326. The molecule has 0 N–H and O–H groups in total. The van der Waals surface area contributed by atoms with Gasteiger partial charge in [-0.15, -0.1) is 0 Å². The summed E-state index contributed by atoms with van der Waals surface area (Å²) in [5, 5.41) is 0. The third-order valence-corrected chi connectivity index (χ3v) is 3.44. The Morgan fingerprint density at radius 2 is 1.62 bits per heavy atom. The fourth-order valence-electron chi connectivity index (χ4n) is 3.01. The number of hydrogen-bond donors (Lipinski definition) is 0. The molecule has 2 aliphatic rings. The maximum Gasteiger partial charge on any atom is 0.0437 e. The Labute approximate surface area is 79.4 Å². The van der Waals surface area contributed by atoms with Crippen LogP contribution in [0.3, 0.4) is 0 Å². The molecule has 1 nitrogen and oxygen atoms in total. The molecule has 0 bridgehead atoms. The Morgan fingerprint density at radius 3 is 2.15 bits per heavy atom. The summed E-state index contributed by atoms with van der Waals surface area (Å²) in [7, 11) is 0. The molecule has 0 saturated heterocycles. The lowest BCUT2D eigenvalue weighted by atomic mass is 10.0. The van der Waals surface area contributed by atoms with Gasteiger partial charge in [0.25, 0.3) is 0 Å². The maximum atomic E-state index is 2.60. The smallest absolute Gasteiger partial charge is 0.0437 e. The SMILES string of the molecule is CC1Cc2cccc3c2N1C(C)C3. The van der Waals surface area contributed by atoms with E-state index in [0.29, 0.717) is 12.1 Å². The highest BCUT2D eigenvalue weighted by molar-refractivity contribution is 5.68. The molecule has 1 aromatic carbocycles. The minimum absolute atomic E-state index is 0.716. The van der Waals surface area contributed by atoms with Gasteiger partial charge in [0, 0.05) is 17.8 Å². The van der Waals surface area contributed by atoms with Crippen molar-refractivity contribution in [2.45, 2.75) is 38.8 Å². The van der Waals surface area contributed by atoms with Gasteiger partial charge < -0.3 is 4.90 Å². The molecule has 2 unspecified atom stereocenters. The van der Waals surface area contributed by atoms with Crippen molar-refractivity contribution in [3.8, 4) is 0 Å². The predicted molar refractivity (Wildman–Crippen MR) is 55.3 cm³/mol. The molecular formula is C12H15N. The zero-order valence-electron chi connectivity index (χ0n) is 8.25. The molecule has 0 spiro atoms. The van der Waals surface area contributed by atoms with E-state index in [1.807, 2.05) is 0 Å². The van der Waals surface area contributed by atoms with Crippen LogP contribution in [0.4, 0.5) is 5.69 Å². The second kappa shape index (κ2) is 2.28. The lowest BCUT2D eigenvalue weighted by Gasteiger charge is -2.25. The van der Waals surface area contributed by atoms with E-state index in [9.17, 15) is 0 Å². The molecule has 2 heterocycles. The summed E-state index contributed by atoms with van der Waals surface area (Å²) < 4.78 is 0. The van der Waals surface area contributed by atoms with E-state index in [0.717, 1.165) is 0 Å². The fourth-order valence-corrected chi connectivity index (χ4v) is 3.01. The van der Waals surface area contributed by atoms with Gasteiger partial charge in [-0.2, -0.15) is 0 Å². The number of anilines is 1. The molecule has 1 aromatic rings. The highest BCUT2D eigenvalue weighted by Crippen LogP contribution is 2.42. The summed E-state index contributed by atoms with van der Waals surface area (Å²) >= 11 is 0. The van der Waals surface area contributed by atoms with Crippen molar-refractivity contribution in [3.63, 3.8) is 0 Å². The summed E-state index contributed by atoms with van der Waals surface area (Å²) in [5.41, 5.74) is 4.69. The van der Waals surface area contributed by atoms with E-state index in [4.69, 9.17) is 0 Å². The molecule has 0 radical (unpaired) electrons. The zero-order chi connectivity index (χ0) is 9.00. The van der Waals surface area contributed by atoms with Gasteiger partial charge in [-0.1, -0.05) is 18.2 Å². The molecule has 68 valence electrons. The second-order valence-electron chi connectivity index (χ2n) is 4.44. The largest absolute Gasteiger partial charge is 0.365 e. The monoisotopic (exact) mass is 173 g/mol. The average Bonchev–Trinajstić information content (AvgIpc) is 2.57. The standard InChI is InChI=1S/C12H15N/c1-8-6-10-4-3-5-11-7-9(2)13(8)12(10)11/h3-5,8-9H,6-7H2,1-2H3. The van der Waals surface area contributed by atoms with Crippen molar-refractivity contribution in [1.29, 1.82) is 0 Å². The highest BCUT2D eigenvalue weighted by atomic mass is 15.2. The van der Waals surface area contributed by atoms with Crippen LogP contribution in [0.5, 0.6) is 0 Å². The third kappa shape index (κ3) is 0.822. The molecular weight excluding hydrogens is 158 g/mol.